The van der Waals surface area contributed by atoms with Crippen molar-refractivity contribution in [2.24, 2.45) is 5.92 Å². The van der Waals surface area contributed by atoms with Gasteiger partial charge in [-0.05, 0) is 43.4 Å². The number of carboxylic acids is 1. The molecule has 0 spiro atoms. The summed E-state index contributed by atoms with van der Waals surface area (Å²) in [5, 5.41) is 11.5. The number of amides is 1. The third-order valence-corrected chi connectivity index (χ3v) is 3.41. The number of carbonyl (C=O) groups excluding carboxylic acids is 1. The highest BCUT2D eigenvalue weighted by Crippen LogP contribution is 2.29. The first-order chi connectivity index (χ1) is 9.94. The molecule has 0 heterocycles. The van der Waals surface area contributed by atoms with Gasteiger partial charge in [-0.3, -0.25) is 14.5 Å². The Labute approximate surface area is 122 Å². The lowest BCUT2D eigenvalue weighted by Crippen LogP contribution is -2.38. The molecule has 0 aliphatic heterocycles. The zero-order valence-electron chi connectivity index (χ0n) is 11.9. The number of hydrogen-bond donors (Lipinski definition) is 2. The van der Waals surface area contributed by atoms with E-state index in [1.165, 1.54) is 12.1 Å². The number of nitrogens with zero attached hydrogens (tertiary/aromatic N) is 1. The molecule has 0 aromatic heterocycles. The van der Waals surface area contributed by atoms with Gasteiger partial charge < -0.3 is 10.4 Å². The third kappa shape index (κ3) is 5.15. The Morgan fingerprint density at radius 2 is 2.10 bits per heavy atom. The number of aryl methyl sites for hydroxylation is 1. The van der Waals surface area contributed by atoms with Gasteiger partial charge in [-0.1, -0.05) is 6.07 Å². The van der Waals surface area contributed by atoms with Gasteiger partial charge in [0.2, 0.25) is 5.91 Å². The van der Waals surface area contributed by atoms with Gasteiger partial charge in [0, 0.05) is 12.2 Å². The maximum absolute atomic E-state index is 13.2. The average molecular weight is 294 g/mol. The van der Waals surface area contributed by atoms with Gasteiger partial charge in [-0.2, -0.15) is 0 Å². The summed E-state index contributed by atoms with van der Waals surface area (Å²) in [6.07, 6.45) is 2.17. The fourth-order valence-corrected chi connectivity index (χ4v) is 2.16. The molecule has 1 aromatic rings. The highest BCUT2D eigenvalue weighted by molar-refractivity contribution is 5.93. The van der Waals surface area contributed by atoms with E-state index in [0.29, 0.717) is 18.2 Å². The molecule has 1 aliphatic carbocycles. The van der Waals surface area contributed by atoms with Crippen LogP contribution in [0.3, 0.4) is 0 Å². The van der Waals surface area contributed by atoms with Crippen LogP contribution >= 0.6 is 0 Å². The topological polar surface area (TPSA) is 69.6 Å². The van der Waals surface area contributed by atoms with Crippen molar-refractivity contribution in [2.45, 2.75) is 19.8 Å². The van der Waals surface area contributed by atoms with Crippen molar-refractivity contribution in [3.8, 4) is 0 Å². The number of hydrogen-bond acceptors (Lipinski definition) is 3. The molecule has 0 saturated heterocycles. The van der Waals surface area contributed by atoms with Crippen LogP contribution in [-0.2, 0) is 9.59 Å². The highest BCUT2D eigenvalue weighted by Gasteiger charge is 2.26. The molecule has 0 unspecified atom stereocenters. The normalized spacial score (nSPS) is 14.2. The quantitative estimate of drug-likeness (QED) is 0.805. The number of aliphatic carboxylic acids is 1. The van der Waals surface area contributed by atoms with Crippen LogP contribution in [0.25, 0.3) is 0 Å². The van der Waals surface area contributed by atoms with Crippen molar-refractivity contribution in [3.63, 3.8) is 0 Å². The van der Waals surface area contributed by atoms with Gasteiger partial charge in [-0.15, -0.1) is 0 Å². The summed E-state index contributed by atoms with van der Waals surface area (Å²) in [6.45, 7) is 2.22. The number of anilines is 1. The molecule has 0 radical (unpaired) electrons. The maximum Gasteiger partial charge on any atom is 0.317 e. The number of carboxylic acid groups (broad SMARTS) is 1. The Balaban J connectivity index is 1.94. The van der Waals surface area contributed by atoms with E-state index in [1.54, 1.807) is 17.9 Å². The van der Waals surface area contributed by atoms with Crippen LogP contribution in [0.2, 0.25) is 0 Å². The smallest absolute Gasteiger partial charge is 0.317 e. The van der Waals surface area contributed by atoms with Crippen molar-refractivity contribution in [2.75, 3.05) is 25.0 Å². The zero-order valence-corrected chi connectivity index (χ0v) is 11.9. The van der Waals surface area contributed by atoms with E-state index in [4.69, 9.17) is 5.11 Å². The number of carbonyl (C=O) groups is 2. The molecule has 1 amide bonds. The molecule has 1 fully saturated rings. The number of benzene rings is 1. The van der Waals surface area contributed by atoms with E-state index in [1.807, 2.05) is 0 Å². The zero-order chi connectivity index (χ0) is 15.4. The molecular weight excluding hydrogens is 275 g/mol. The minimum Gasteiger partial charge on any atom is -0.480 e. The molecule has 21 heavy (non-hydrogen) atoms. The molecular formula is C15H19FN2O3. The molecule has 1 saturated carbocycles. The Hall–Kier alpha value is -1.95. The van der Waals surface area contributed by atoms with Gasteiger partial charge >= 0.3 is 5.97 Å². The largest absolute Gasteiger partial charge is 0.480 e. The van der Waals surface area contributed by atoms with Gasteiger partial charge in [-0.25, -0.2) is 4.39 Å². The van der Waals surface area contributed by atoms with Gasteiger partial charge in [0.1, 0.15) is 5.82 Å². The summed E-state index contributed by atoms with van der Waals surface area (Å²) in [5.41, 5.74) is 1.18. The van der Waals surface area contributed by atoms with E-state index < -0.39 is 11.8 Å². The van der Waals surface area contributed by atoms with Crippen molar-refractivity contribution in [1.29, 1.82) is 0 Å². The lowest BCUT2D eigenvalue weighted by atomic mass is 10.2. The van der Waals surface area contributed by atoms with Crippen LogP contribution in [-0.4, -0.2) is 41.5 Å². The summed E-state index contributed by atoms with van der Waals surface area (Å²) in [5.74, 6) is -1.21. The summed E-state index contributed by atoms with van der Waals surface area (Å²) in [7, 11) is 0. The Bertz CT molecular complexity index is 544. The van der Waals surface area contributed by atoms with Crippen molar-refractivity contribution in [3.05, 3.63) is 29.6 Å². The van der Waals surface area contributed by atoms with Crippen LogP contribution in [0.1, 0.15) is 18.4 Å². The lowest BCUT2D eigenvalue weighted by Gasteiger charge is -2.19. The molecule has 2 rings (SSSR count). The van der Waals surface area contributed by atoms with Gasteiger partial charge in [0.15, 0.2) is 0 Å². The minimum atomic E-state index is -0.953. The summed E-state index contributed by atoms with van der Waals surface area (Å²) in [6, 6.07) is 4.18. The average Bonchev–Trinajstić information content (AvgIpc) is 3.16. The second-order valence-corrected chi connectivity index (χ2v) is 5.51. The van der Waals surface area contributed by atoms with Crippen LogP contribution in [0.15, 0.2) is 18.2 Å². The first-order valence-electron chi connectivity index (χ1n) is 6.94. The summed E-state index contributed by atoms with van der Waals surface area (Å²) in [4.78, 5) is 24.4. The fourth-order valence-electron chi connectivity index (χ4n) is 2.16. The second-order valence-electron chi connectivity index (χ2n) is 5.51. The SMILES string of the molecule is Cc1ccc(F)cc1NC(=O)CN(CC(=O)O)CC1CC1. The Morgan fingerprint density at radius 3 is 2.71 bits per heavy atom. The first-order valence-corrected chi connectivity index (χ1v) is 6.94. The first kappa shape index (κ1) is 15.4. The molecule has 1 aromatic carbocycles. The minimum absolute atomic E-state index is 0.00124. The second kappa shape index (κ2) is 6.67. The van der Waals surface area contributed by atoms with E-state index in [0.717, 1.165) is 18.4 Å². The van der Waals surface area contributed by atoms with Crippen LogP contribution < -0.4 is 5.32 Å². The fraction of sp³-hybridized carbons (Fsp3) is 0.467. The predicted molar refractivity (Wildman–Crippen MR) is 76.6 cm³/mol. The van der Waals surface area contributed by atoms with Crippen molar-refractivity contribution >= 4 is 17.6 Å². The Kier molecular flexibility index (Phi) is 4.90. The van der Waals surface area contributed by atoms with E-state index in [-0.39, 0.29) is 19.0 Å². The van der Waals surface area contributed by atoms with E-state index in [2.05, 4.69) is 5.32 Å². The maximum atomic E-state index is 13.2. The molecule has 2 N–H and O–H groups in total. The van der Waals surface area contributed by atoms with Crippen molar-refractivity contribution < 1.29 is 19.1 Å². The number of halogens is 1. The number of nitrogens with one attached hydrogen (secondary N) is 1. The molecule has 0 atom stereocenters. The molecule has 5 nitrogen and oxygen atoms in total. The van der Waals surface area contributed by atoms with Crippen LogP contribution in [0.5, 0.6) is 0 Å². The van der Waals surface area contributed by atoms with Gasteiger partial charge in [0.05, 0.1) is 13.1 Å². The summed E-state index contributed by atoms with van der Waals surface area (Å²) >= 11 is 0. The van der Waals surface area contributed by atoms with Crippen LogP contribution in [0, 0.1) is 18.7 Å². The number of rotatable bonds is 7. The molecule has 114 valence electrons. The monoisotopic (exact) mass is 294 g/mol. The van der Waals surface area contributed by atoms with Gasteiger partial charge in [0.25, 0.3) is 0 Å². The van der Waals surface area contributed by atoms with E-state index in [9.17, 15) is 14.0 Å². The standard InChI is InChI=1S/C15H19FN2O3/c1-10-2-5-12(16)6-13(10)17-14(19)8-18(9-15(20)21)7-11-3-4-11/h2,5-6,11H,3-4,7-9H2,1H3,(H,17,19)(H,20,21). The van der Waals surface area contributed by atoms with E-state index >= 15 is 0 Å². The lowest BCUT2D eigenvalue weighted by molar-refractivity contribution is -0.138. The molecule has 6 heteroatoms. The third-order valence-electron chi connectivity index (χ3n) is 3.41. The Morgan fingerprint density at radius 1 is 1.38 bits per heavy atom. The molecule has 0 bridgehead atoms. The highest BCUT2D eigenvalue weighted by atomic mass is 19.1. The van der Waals surface area contributed by atoms with Crippen LogP contribution in [0.4, 0.5) is 10.1 Å². The predicted octanol–water partition coefficient (Wildman–Crippen LogP) is 1.87. The summed E-state index contributed by atoms with van der Waals surface area (Å²) < 4.78 is 13.2. The van der Waals surface area contributed by atoms with Crippen molar-refractivity contribution in [1.82, 2.24) is 4.90 Å². The molecule has 1 aliphatic rings.